The van der Waals surface area contributed by atoms with E-state index in [0.29, 0.717) is 29.6 Å². The molecule has 92 valence electrons. The van der Waals surface area contributed by atoms with Crippen LogP contribution in [0.4, 0.5) is 13.2 Å². The number of hydrogen-bond donors (Lipinski definition) is 2. The Bertz CT molecular complexity index is 540. The Morgan fingerprint density at radius 1 is 1.29 bits per heavy atom. The van der Waals surface area contributed by atoms with Gasteiger partial charge in [-0.05, 0) is 43.1 Å². The number of hydrogen-bond acceptors (Lipinski definition) is 1. The topological polar surface area (TPSA) is 41.8 Å². The Hall–Kier alpha value is -1.49. The van der Waals surface area contributed by atoms with Crippen LogP contribution < -0.4 is 5.73 Å². The first-order valence-electron chi connectivity index (χ1n) is 5.31. The van der Waals surface area contributed by atoms with Crippen LogP contribution in [-0.2, 0) is 12.6 Å². The molecule has 1 aromatic heterocycles. The number of aromatic amines is 1. The second kappa shape index (κ2) is 4.07. The van der Waals surface area contributed by atoms with E-state index in [1.165, 1.54) is 6.07 Å². The van der Waals surface area contributed by atoms with Crippen LogP contribution in [0.15, 0.2) is 18.3 Å². The number of benzene rings is 1. The lowest BCUT2D eigenvalue weighted by molar-refractivity contribution is -0.136. The molecule has 3 N–H and O–H groups in total. The monoisotopic (exact) mass is 242 g/mol. The van der Waals surface area contributed by atoms with Crippen LogP contribution in [0.5, 0.6) is 0 Å². The Morgan fingerprint density at radius 2 is 2.00 bits per heavy atom. The van der Waals surface area contributed by atoms with Gasteiger partial charge in [-0.2, -0.15) is 13.2 Å². The summed E-state index contributed by atoms with van der Waals surface area (Å²) in [6.07, 6.45) is -2.30. The van der Waals surface area contributed by atoms with E-state index in [4.69, 9.17) is 5.73 Å². The van der Waals surface area contributed by atoms with Gasteiger partial charge < -0.3 is 10.7 Å². The summed E-state index contributed by atoms with van der Waals surface area (Å²) in [7, 11) is 0. The summed E-state index contributed by atoms with van der Waals surface area (Å²) in [6.45, 7) is 1.98. The van der Waals surface area contributed by atoms with Crippen LogP contribution in [0.1, 0.15) is 16.7 Å². The SMILES string of the molecule is Cc1cc(C(F)(F)F)c2c(CCN)c[nH]c2c1. The minimum absolute atomic E-state index is 0.244. The Morgan fingerprint density at radius 3 is 2.59 bits per heavy atom. The van der Waals surface area contributed by atoms with Crippen molar-refractivity contribution in [3.05, 3.63) is 35.0 Å². The first-order chi connectivity index (χ1) is 7.93. The maximum absolute atomic E-state index is 13.0. The van der Waals surface area contributed by atoms with Crippen molar-refractivity contribution in [3.63, 3.8) is 0 Å². The number of nitrogens with two attached hydrogens (primary N) is 1. The van der Waals surface area contributed by atoms with E-state index in [1.807, 2.05) is 0 Å². The minimum atomic E-state index is -4.34. The third-order valence-electron chi connectivity index (χ3n) is 2.72. The van der Waals surface area contributed by atoms with E-state index in [-0.39, 0.29) is 5.39 Å². The van der Waals surface area contributed by atoms with Gasteiger partial charge in [0.1, 0.15) is 0 Å². The predicted octanol–water partition coefficient (Wildman–Crippen LogP) is 3.00. The average Bonchev–Trinajstić information content (AvgIpc) is 2.59. The third kappa shape index (κ3) is 2.15. The molecule has 0 saturated heterocycles. The highest BCUT2D eigenvalue weighted by molar-refractivity contribution is 5.87. The number of aryl methyl sites for hydroxylation is 1. The molecule has 0 amide bonds. The van der Waals surface area contributed by atoms with Crippen molar-refractivity contribution in [3.8, 4) is 0 Å². The summed E-state index contributed by atoms with van der Waals surface area (Å²) in [4.78, 5) is 2.87. The standard InChI is InChI=1S/C12H13F3N2/c1-7-4-9(12(13,14)15)11-8(2-3-16)6-17-10(11)5-7/h4-6,17H,2-3,16H2,1H3. The summed E-state index contributed by atoms with van der Waals surface area (Å²) in [5.41, 5.74) is 6.54. The second-order valence-electron chi connectivity index (χ2n) is 4.09. The number of nitrogens with one attached hydrogen (secondary N) is 1. The maximum Gasteiger partial charge on any atom is 0.417 e. The average molecular weight is 242 g/mol. The number of halogens is 3. The van der Waals surface area contributed by atoms with Gasteiger partial charge in [-0.25, -0.2) is 0 Å². The largest absolute Gasteiger partial charge is 0.417 e. The molecule has 2 rings (SSSR count). The number of fused-ring (bicyclic) bond motifs is 1. The van der Waals surface area contributed by atoms with E-state index in [1.54, 1.807) is 19.2 Å². The molecule has 5 heteroatoms. The molecule has 17 heavy (non-hydrogen) atoms. The quantitative estimate of drug-likeness (QED) is 0.835. The van der Waals surface area contributed by atoms with Crippen LogP contribution in [0.2, 0.25) is 0 Å². The van der Waals surface area contributed by atoms with Crippen molar-refractivity contribution in [1.29, 1.82) is 0 Å². The van der Waals surface area contributed by atoms with Crippen molar-refractivity contribution in [2.75, 3.05) is 6.54 Å². The van der Waals surface area contributed by atoms with E-state index in [2.05, 4.69) is 4.98 Å². The maximum atomic E-state index is 13.0. The summed E-state index contributed by atoms with van der Waals surface area (Å²) in [5, 5.41) is 0.244. The summed E-state index contributed by atoms with van der Waals surface area (Å²) >= 11 is 0. The van der Waals surface area contributed by atoms with Gasteiger partial charge in [0.05, 0.1) is 5.56 Å². The molecule has 0 radical (unpaired) electrons. The molecular formula is C12H13F3N2. The number of alkyl halides is 3. The fraction of sp³-hybridized carbons (Fsp3) is 0.333. The van der Waals surface area contributed by atoms with Crippen molar-refractivity contribution in [2.45, 2.75) is 19.5 Å². The molecule has 0 aliphatic carbocycles. The van der Waals surface area contributed by atoms with Crippen molar-refractivity contribution in [1.82, 2.24) is 4.98 Å². The van der Waals surface area contributed by atoms with Gasteiger partial charge in [0.2, 0.25) is 0 Å². The van der Waals surface area contributed by atoms with Gasteiger partial charge in [-0.1, -0.05) is 0 Å². The molecular weight excluding hydrogens is 229 g/mol. The smallest absolute Gasteiger partial charge is 0.361 e. The van der Waals surface area contributed by atoms with Gasteiger partial charge >= 0.3 is 6.18 Å². The van der Waals surface area contributed by atoms with E-state index in [0.717, 1.165) is 0 Å². The molecule has 1 aromatic carbocycles. The lowest BCUT2D eigenvalue weighted by atomic mass is 10.0. The molecule has 0 saturated carbocycles. The molecule has 0 spiro atoms. The number of aromatic nitrogens is 1. The predicted molar refractivity (Wildman–Crippen MR) is 60.8 cm³/mol. The minimum Gasteiger partial charge on any atom is -0.361 e. The highest BCUT2D eigenvalue weighted by Gasteiger charge is 2.33. The fourth-order valence-corrected chi connectivity index (χ4v) is 2.06. The molecule has 0 bridgehead atoms. The molecule has 0 aliphatic rings. The van der Waals surface area contributed by atoms with E-state index in [9.17, 15) is 13.2 Å². The normalized spacial score (nSPS) is 12.3. The summed E-state index contributed by atoms with van der Waals surface area (Å²) in [5.74, 6) is 0. The Balaban J connectivity index is 2.74. The molecule has 0 fully saturated rings. The van der Waals surface area contributed by atoms with Crippen LogP contribution in [0, 0.1) is 6.92 Å². The molecule has 1 heterocycles. The van der Waals surface area contributed by atoms with Gasteiger partial charge in [-0.3, -0.25) is 0 Å². The van der Waals surface area contributed by atoms with Crippen molar-refractivity contribution >= 4 is 10.9 Å². The van der Waals surface area contributed by atoms with Crippen LogP contribution in [0.25, 0.3) is 10.9 Å². The number of H-pyrrole nitrogens is 1. The highest BCUT2D eigenvalue weighted by Crippen LogP contribution is 2.37. The van der Waals surface area contributed by atoms with Crippen molar-refractivity contribution < 1.29 is 13.2 Å². The zero-order valence-electron chi connectivity index (χ0n) is 9.36. The van der Waals surface area contributed by atoms with Gasteiger partial charge in [0.25, 0.3) is 0 Å². The Labute approximate surface area is 96.6 Å². The molecule has 0 aliphatic heterocycles. The first-order valence-corrected chi connectivity index (χ1v) is 5.31. The van der Waals surface area contributed by atoms with E-state index < -0.39 is 11.7 Å². The molecule has 0 atom stereocenters. The zero-order valence-corrected chi connectivity index (χ0v) is 9.36. The molecule has 0 unspecified atom stereocenters. The summed E-state index contributed by atoms with van der Waals surface area (Å²) < 4.78 is 38.9. The van der Waals surface area contributed by atoms with Crippen LogP contribution in [-0.4, -0.2) is 11.5 Å². The van der Waals surface area contributed by atoms with Crippen LogP contribution in [0.3, 0.4) is 0 Å². The lowest BCUT2D eigenvalue weighted by Crippen LogP contribution is -2.08. The summed E-state index contributed by atoms with van der Waals surface area (Å²) in [6, 6.07) is 2.89. The van der Waals surface area contributed by atoms with Crippen molar-refractivity contribution in [2.24, 2.45) is 5.73 Å². The molecule has 2 nitrogen and oxygen atoms in total. The first kappa shape index (κ1) is 12.0. The third-order valence-corrected chi connectivity index (χ3v) is 2.72. The van der Waals surface area contributed by atoms with Crippen LogP contribution >= 0.6 is 0 Å². The molecule has 2 aromatic rings. The van der Waals surface area contributed by atoms with Gasteiger partial charge in [0.15, 0.2) is 0 Å². The van der Waals surface area contributed by atoms with Gasteiger partial charge in [0, 0.05) is 17.1 Å². The second-order valence-corrected chi connectivity index (χ2v) is 4.09. The fourth-order valence-electron chi connectivity index (χ4n) is 2.06. The number of rotatable bonds is 2. The van der Waals surface area contributed by atoms with E-state index >= 15 is 0 Å². The highest BCUT2D eigenvalue weighted by atomic mass is 19.4. The Kier molecular flexibility index (Phi) is 2.87. The van der Waals surface area contributed by atoms with Gasteiger partial charge in [-0.15, -0.1) is 0 Å². The lowest BCUT2D eigenvalue weighted by Gasteiger charge is -2.11. The zero-order chi connectivity index (χ0) is 12.6.